The van der Waals surface area contributed by atoms with Crippen LogP contribution in [0.25, 0.3) is 0 Å². The van der Waals surface area contributed by atoms with Crippen LogP contribution in [0.2, 0.25) is 5.02 Å². The molecule has 3 aromatic carbocycles. The highest BCUT2D eigenvalue weighted by molar-refractivity contribution is 9.11. The second kappa shape index (κ2) is 10.2. The van der Waals surface area contributed by atoms with Gasteiger partial charge in [-0.05, 0) is 98.8 Å². The van der Waals surface area contributed by atoms with Gasteiger partial charge in [0.15, 0.2) is 6.61 Å². The first-order valence-electron chi connectivity index (χ1n) is 9.10. The Bertz CT molecular complexity index is 1090. The first-order chi connectivity index (χ1) is 14.3. The number of nitrogens with zero attached hydrogens (tertiary/aromatic N) is 1. The molecule has 3 rings (SSSR count). The molecule has 0 unspecified atom stereocenters. The Hall–Kier alpha value is -2.15. The SMILES string of the molecule is Cc1cccc(NC(=O)COc2c(Br)cc(C=Nc3ccc(C)c(Cl)c3)cc2Br)c1. The minimum Gasteiger partial charge on any atom is -0.481 e. The summed E-state index contributed by atoms with van der Waals surface area (Å²) < 4.78 is 7.13. The number of aryl methyl sites for hydroxylation is 2. The summed E-state index contributed by atoms with van der Waals surface area (Å²) in [5.74, 6) is 0.311. The average molecular weight is 551 g/mol. The van der Waals surface area contributed by atoms with Crippen molar-refractivity contribution in [1.29, 1.82) is 0 Å². The van der Waals surface area contributed by atoms with Crippen LogP contribution in [0.4, 0.5) is 11.4 Å². The second-order valence-electron chi connectivity index (χ2n) is 6.71. The van der Waals surface area contributed by atoms with Gasteiger partial charge in [-0.25, -0.2) is 0 Å². The van der Waals surface area contributed by atoms with Gasteiger partial charge in [0.25, 0.3) is 5.91 Å². The maximum Gasteiger partial charge on any atom is 0.262 e. The molecular formula is C23H19Br2ClN2O2. The van der Waals surface area contributed by atoms with Gasteiger partial charge >= 0.3 is 0 Å². The van der Waals surface area contributed by atoms with E-state index in [0.717, 1.165) is 28.1 Å². The molecule has 7 heteroatoms. The summed E-state index contributed by atoms with van der Waals surface area (Å²) in [4.78, 5) is 16.7. The minimum atomic E-state index is -0.235. The molecule has 154 valence electrons. The smallest absolute Gasteiger partial charge is 0.262 e. The Balaban J connectivity index is 1.66. The van der Waals surface area contributed by atoms with Crippen LogP contribution in [0.1, 0.15) is 16.7 Å². The zero-order valence-corrected chi connectivity index (χ0v) is 20.3. The van der Waals surface area contributed by atoms with Crippen LogP contribution in [0, 0.1) is 13.8 Å². The van der Waals surface area contributed by atoms with E-state index in [0.29, 0.717) is 19.7 Å². The monoisotopic (exact) mass is 548 g/mol. The Kier molecular flexibility index (Phi) is 7.69. The number of anilines is 1. The molecule has 0 heterocycles. The van der Waals surface area contributed by atoms with Gasteiger partial charge in [-0.3, -0.25) is 9.79 Å². The normalized spacial score (nSPS) is 11.0. The van der Waals surface area contributed by atoms with E-state index in [1.165, 1.54) is 0 Å². The van der Waals surface area contributed by atoms with E-state index in [1.54, 1.807) is 6.21 Å². The van der Waals surface area contributed by atoms with E-state index in [-0.39, 0.29) is 12.5 Å². The number of nitrogens with one attached hydrogen (secondary N) is 1. The summed E-state index contributed by atoms with van der Waals surface area (Å²) in [6.07, 6.45) is 1.74. The third-order valence-electron chi connectivity index (χ3n) is 4.19. The standard InChI is InChI=1S/C23H19Br2ClN2O2/c1-14-4-3-5-18(8-14)28-22(29)13-30-23-19(24)9-16(10-20(23)25)12-27-17-7-6-15(2)21(26)11-17/h3-12H,13H2,1-2H3,(H,28,29). The molecule has 0 bridgehead atoms. The van der Waals surface area contributed by atoms with E-state index in [9.17, 15) is 4.79 Å². The molecule has 4 nitrogen and oxygen atoms in total. The van der Waals surface area contributed by atoms with Crippen molar-refractivity contribution in [2.75, 3.05) is 11.9 Å². The highest BCUT2D eigenvalue weighted by Gasteiger charge is 2.11. The molecule has 1 N–H and O–H groups in total. The summed E-state index contributed by atoms with van der Waals surface area (Å²) >= 11 is 13.2. The van der Waals surface area contributed by atoms with Gasteiger partial charge in [0.05, 0.1) is 14.6 Å². The highest BCUT2D eigenvalue weighted by Crippen LogP contribution is 2.34. The fourth-order valence-electron chi connectivity index (χ4n) is 2.66. The van der Waals surface area contributed by atoms with Gasteiger partial charge < -0.3 is 10.1 Å². The summed E-state index contributed by atoms with van der Waals surface area (Å²) in [5, 5.41) is 3.50. The molecule has 0 saturated carbocycles. The van der Waals surface area contributed by atoms with Crippen molar-refractivity contribution in [3.8, 4) is 5.75 Å². The molecule has 0 saturated heterocycles. The number of hydrogen-bond donors (Lipinski definition) is 1. The Morgan fingerprint density at radius 2 is 1.83 bits per heavy atom. The third-order valence-corrected chi connectivity index (χ3v) is 5.77. The van der Waals surface area contributed by atoms with Gasteiger partial charge in [0.1, 0.15) is 5.75 Å². The third kappa shape index (κ3) is 6.17. The number of hydrogen-bond acceptors (Lipinski definition) is 3. The van der Waals surface area contributed by atoms with Crippen LogP contribution in [-0.2, 0) is 4.79 Å². The van der Waals surface area contributed by atoms with Gasteiger partial charge in [-0.2, -0.15) is 0 Å². The Labute approximate surface area is 197 Å². The highest BCUT2D eigenvalue weighted by atomic mass is 79.9. The van der Waals surface area contributed by atoms with Crippen LogP contribution in [0.15, 0.2) is 68.5 Å². The lowest BCUT2D eigenvalue weighted by atomic mass is 10.2. The van der Waals surface area contributed by atoms with E-state index in [4.69, 9.17) is 16.3 Å². The van der Waals surface area contributed by atoms with Crippen molar-refractivity contribution < 1.29 is 9.53 Å². The molecular weight excluding hydrogens is 532 g/mol. The fraction of sp³-hybridized carbons (Fsp3) is 0.130. The fourth-order valence-corrected chi connectivity index (χ4v) is 4.29. The Morgan fingerprint density at radius 1 is 1.10 bits per heavy atom. The quantitative estimate of drug-likeness (QED) is 0.329. The first-order valence-corrected chi connectivity index (χ1v) is 11.1. The molecule has 0 aromatic heterocycles. The molecule has 0 fully saturated rings. The lowest BCUT2D eigenvalue weighted by Gasteiger charge is -2.12. The molecule has 3 aromatic rings. The predicted octanol–water partition coefficient (Wildman–Crippen LogP) is 7.25. The van der Waals surface area contributed by atoms with Crippen LogP contribution in [-0.4, -0.2) is 18.7 Å². The lowest BCUT2D eigenvalue weighted by molar-refractivity contribution is -0.118. The van der Waals surface area contributed by atoms with Gasteiger partial charge in [0, 0.05) is 16.9 Å². The van der Waals surface area contributed by atoms with Crippen molar-refractivity contribution >= 4 is 67.0 Å². The van der Waals surface area contributed by atoms with E-state index in [1.807, 2.05) is 68.4 Å². The number of rotatable bonds is 6. The van der Waals surface area contributed by atoms with Crippen molar-refractivity contribution in [3.63, 3.8) is 0 Å². The first kappa shape index (κ1) is 22.5. The summed E-state index contributed by atoms with van der Waals surface area (Å²) in [5.41, 5.74) is 4.45. The van der Waals surface area contributed by atoms with Gasteiger partial charge in [-0.15, -0.1) is 0 Å². The maximum atomic E-state index is 12.2. The number of ether oxygens (including phenoxy) is 1. The molecule has 0 aliphatic rings. The average Bonchev–Trinajstić information content (AvgIpc) is 2.68. The van der Waals surface area contributed by atoms with E-state index in [2.05, 4.69) is 42.2 Å². The maximum absolute atomic E-state index is 12.2. The number of amides is 1. The summed E-state index contributed by atoms with van der Waals surface area (Å²) in [6, 6.07) is 17.0. The molecule has 0 atom stereocenters. The molecule has 0 aliphatic heterocycles. The number of carbonyl (C=O) groups is 1. The van der Waals surface area contributed by atoms with Gasteiger partial charge in [0.2, 0.25) is 0 Å². The zero-order valence-electron chi connectivity index (χ0n) is 16.4. The minimum absolute atomic E-state index is 0.111. The van der Waals surface area contributed by atoms with Crippen molar-refractivity contribution in [2.24, 2.45) is 4.99 Å². The molecule has 1 amide bonds. The van der Waals surface area contributed by atoms with Crippen LogP contribution in [0.3, 0.4) is 0 Å². The zero-order chi connectivity index (χ0) is 21.7. The molecule has 0 spiro atoms. The lowest BCUT2D eigenvalue weighted by Crippen LogP contribution is -2.20. The summed E-state index contributed by atoms with van der Waals surface area (Å²) in [6.45, 7) is 3.81. The van der Waals surface area contributed by atoms with E-state index >= 15 is 0 Å². The van der Waals surface area contributed by atoms with Crippen molar-refractivity contribution in [3.05, 3.63) is 85.3 Å². The molecule has 0 aliphatic carbocycles. The number of aliphatic imine (C=N–C) groups is 1. The van der Waals surface area contributed by atoms with Crippen molar-refractivity contribution in [1.82, 2.24) is 0 Å². The second-order valence-corrected chi connectivity index (χ2v) is 8.83. The van der Waals surface area contributed by atoms with Crippen LogP contribution in [0.5, 0.6) is 5.75 Å². The van der Waals surface area contributed by atoms with E-state index < -0.39 is 0 Å². The molecule has 0 radical (unpaired) electrons. The Morgan fingerprint density at radius 3 is 2.50 bits per heavy atom. The number of benzene rings is 3. The van der Waals surface area contributed by atoms with Crippen LogP contribution < -0.4 is 10.1 Å². The van der Waals surface area contributed by atoms with Gasteiger partial charge in [-0.1, -0.05) is 29.8 Å². The topological polar surface area (TPSA) is 50.7 Å². The largest absolute Gasteiger partial charge is 0.481 e. The number of carbonyl (C=O) groups excluding carboxylic acids is 1. The predicted molar refractivity (Wildman–Crippen MR) is 131 cm³/mol. The summed E-state index contributed by atoms with van der Waals surface area (Å²) in [7, 11) is 0. The van der Waals surface area contributed by atoms with Crippen molar-refractivity contribution in [2.45, 2.75) is 13.8 Å². The number of halogens is 3. The van der Waals surface area contributed by atoms with Crippen LogP contribution >= 0.6 is 43.5 Å². The molecule has 30 heavy (non-hydrogen) atoms.